The molecule has 0 spiro atoms. The normalized spacial score (nSPS) is 50.1. The molecule has 0 aromatic carbocycles. The highest BCUT2D eigenvalue weighted by atomic mass is 16.4. The highest BCUT2D eigenvalue weighted by Gasteiger charge is 2.62. The van der Waals surface area contributed by atoms with E-state index in [9.17, 15) is 20.1 Å². The lowest BCUT2D eigenvalue weighted by molar-refractivity contribution is -0.174. The van der Waals surface area contributed by atoms with E-state index >= 15 is 0 Å². The maximum Gasteiger partial charge on any atom is 0.306 e. The average molecular weight is 421 g/mol. The Morgan fingerprint density at radius 1 is 1.00 bits per heavy atom. The number of fused-ring (bicyclic) bond motifs is 5. The van der Waals surface area contributed by atoms with E-state index in [1.54, 1.807) is 0 Å². The second kappa shape index (κ2) is 8.06. The monoisotopic (exact) mass is 420 g/mol. The molecule has 0 aliphatic heterocycles. The Morgan fingerprint density at radius 3 is 2.33 bits per heavy atom. The zero-order valence-electron chi connectivity index (χ0n) is 19.5. The topological polar surface area (TPSA) is 77.8 Å². The lowest BCUT2D eigenvalue weighted by atomic mass is 9.43. The van der Waals surface area contributed by atoms with Crippen LogP contribution in [0.3, 0.4) is 0 Å². The molecule has 0 bridgehead atoms. The van der Waals surface area contributed by atoms with Gasteiger partial charge in [-0.15, -0.1) is 0 Å². The molecule has 0 radical (unpaired) electrons. The summed E-state index contributed by atoms with van der Waals surface area (Å²) in [6.45, 7) is 9.21. The van der Waals surface area contributed by atoms with Crippen molar-refractivity contribution in [3.63, 3.8) is 0 Å². The van der Waals surface area contributed by atoms with Gasteiger partial charge in [0.15, 0.2) is 0 Å². The Labute approximate surface area is 182 Å². The fraction of sp³-hybridized carbons (Fsp3) is 0.962. The third-order valence-corrected chi connectivity index (χ3v) is 10.9. The molecule has 4 aliphatic rings. The summed E-state index contributed by atoms with van der Waals surface area (Å²) < 4.78 is 0. The Kier molecular flexibility index (Phi) is 6.07. The van der Waals surface area contributed by atoms with Crippen LogP contribution >= 0.6 is 0 Å². The summed E-state index contributed by atoms with van der Waals surface area (Å²) in [5, 5.41) is 31.1. The van der Waals surface area contributed by atoms with Gasteiger partial charge in [-0.3, -0.25) is 4.79 Å². The molecule has 4 fully saturated rings. The van der Waals surface area contributed by atoms with Gasteiger partial charge in [0.05, 0.1) is 18.1 Å². The number of aliphatic hydroxyl groups excluding tert-OH is 2. The van der Waals surface area contributed by atoms with Crippen LogP contribution in [0.5, 0.6) is 0 Å². The Bertz CT molecular complexity index is 649. The molecule has 0 aromatic heterocycles. The molecule has 4 heteroatoms. The van der Waals surface area contributed by atoms with E-state index in [-0.39, 0.29) is 29.0 Å². The van der Waals surface area contributed by atoms with Crippen molar-refractivity contribution in [3.8, 4) is 0 Å². The van der Waals surface area contributed by atoms with Gasteiger partial charge in [-0.1, -0.05) is 27.7 Å². The molecular weight excluding hydrogens is 376 g/mol. The first-order valence-corrected chi connectivity index (χ1v) is 12.7. The first-order chi connectivity index (χ1) is 14.1. The summed E-state index contributed by atoms with van der Waals surface area (Å²) in [5.41, 5.74) is 0.501. The van der Waals surface area contributed by atoms with E-state index in [0.29, 0.717) is 41.9 Å². The van der Waals surface area contributed by atoms with E-state index in [1.807, 2.05) is 6.92 Å². The molecule has 0 saturated heterocycles. The Balaban J connectivity index is 1.55. The zero-order valence-corrected chi connectivity index (χ0v) is 19.5. The third-order valence-electron chi connectivity index (χ3n) is 10.9. The summed E-state index contributed by atoms with van der Waals surface area (Å²) >= 11 is 0. The van der Waals surface area contributed by atoms with E-state index in [4.69, 9.17) is 0 Å². The first kappa shape index (κ1) is 22.6. The number of aliphatic carboxylic acids is 1. The van der Waals surface area contributed by atoms with Crippen molar-refractivity contribution in [1.82, 2.24) is 0 Å². The molecular formula is C26H44O4. The molecule has 0 amide bonds. The molecule has 4 saturated carbocycles. The highest BCUT2D eigenvalue weighted by Crippen LogP contribution is 2.68. The maximum atomic E-state index is 11.6. The van der Waals surface area contributed by atoms with Gasteiger partial charge >= 0.3 is 5.97 Å². The summed E-state index contributed by atoms with van der Waals surface area (Å²) in [6.07, 6.45) is 9.61. The molecule has 4 aliphatic carbocycles. The molecule has 172 valence electrons. The van der Waals surface area contributed by atoms with Crippen LogP contribution in [0.25, 0.3) is 0 Å². The smallest absolute Gasteiger partial charge is 0.306 e. The number of rotatable bonds is 5. The van der Waals surface area contributed by atoms with E-state index in [0.717, 1.165) is 32.1 Å². The number of hydrogen-bond acceptors (Lipinski definition) is 3. The average Bonchev–Trinajstić information content (AvgIpc) is 3.04. The minimum atomic E-state index is -0.645. The fourth-order valence-corrected chi connectivity index (χ4v) is 9.23. The molecule has 11 atom stereocenters. The van der Waals surface area contributed by atoms with E-state index in [1.165, 1.54) is 25.7 Å². The largest absolute Gasteiger partial charge is 0.481 e. The van der Waals surface area contributed by atoms with Crippen LogP contribution in [0.4, 0.5) is 0 Å². The van der Waals surface area contributed by atoms with Crippen molar-refractivity contribution >= 4 is 5.97 Å². The van der Waals surface area contributed by atoms with Crippen molar-refractivity contribution in [3.05, 3.63) is 0 Å². The van der Waals surface area contributed by atoms with E-state index in [2.05, 4.69) is 20.8 Å². The van der Waals surface area contributed by atoms with Crippen LogP contribution < -0.4 is 0 Å². The lowest BCUT2D eigenvalue weighted by Gasteiger charge is -2.62. The van der Waals surface area contributed by atoms with Gasteiger partial charge in [0.2, 0.25) is 0 Å². The Morgan fingerprint density at radius 2 is 1.67 bits per heavy atom. The number of hydrogen-bond donors (Lipinski definition) is 3. The van der Waals surface area contributed by atoms with Gasteiger partial charge < -0.3 is 15.3 Å². The van der Waals surface area contributed by atoms with Gasteiger partial charge in [-0.25, -0.2) is 0 Å². The van der Waals surface area contributed by atoms with Crippen LogP contribution in [-0.2, 0) is 4.79 Å². The van der Waals surface area contributed by atoms with Gasteiger partial charge in [-0.05, 0) is 111 Å². The highest BCUT2D eigenvalue weighted by molar-refractivity contribution is 5.69. The van der Waals surface area contributed by atoms with Crippen LogP contribution in [-0.4, -0.2) is 33.5 Å². The molecule has 0 heterocycles. The quantitative estimate of drug-likeness (QED) is 0.577. The molecule has 30 heavy (non-hydrogen) atoms. The van der Waals surface area contributed by atoms with Gasteiger partial charge in [0.1, 0.15) is 0 Å². The van der Waals surface area contributed by atoms with Crippen molar-refractivity contribution in [2.45, 2.75) is 104 Å². The standard InChI is InChI=1S/C26H44O4/c1-5-16(24(29)30)12-15(2)19-6-7-20-23-21(9-11-26(19,20)4)25(3)10-8-18(27)13-17(25)14-22(23)28/h15-23,27-28H,5-14H2,1-4H3,(H,29,30)/t15-,16?,17+,18-,19-,20+,21+,22+,23+,25+,26-/m1/s1. The predicted octanol–water partition coefficient (Wildman–Crippen LogP) is 5.11. The number of carboxylic acids is 1. The second-order valence-corrected chi connectivity index (χ2v) is 12.1. The maximum absolute atomic E-state index is 11.6. The molecule has 0 aromatic rings. The molecule has 1 unspecified atom stereocenters. The summed E-state index contributed by atoms with van der Waals surface area (Å²) in [5.74, 6) is 2.11. The molecule has 3 N–H and O–H groups in total. The summed E-state index contributed by atoms with van der Waals surface area (Å²) in [7, 11) is 0. The van der Waals surface area contributed by atoms with Crippen LogP contribution in [0.1, 0.15) is 91.9 Å². The predicted molar refractivity (Wildman–Crippen MR) is 118 cm³/mol. The van der Waals surface area contributed by atoms with Gasteiger partial charge in [-0.2, -0.15) is 0 Å². The van der Waals surface area contributed by atoms with Crippen LogP contribution in [0, 0.1) is 52.3 Å². The minimum absolute atomic E-state index is 0.182. The van der Waals surface area contributed by atoms with Crippen molar-refractivity contribution in [1.29, 1.82) is 0 Å². The minimum Gasteiger partial charge on any atom is -0.481 e. The molecule has 4 rings (SSSR count). The number of aliphatic hydroxyl groups is 2. The summed E-state index contributed by atoms with van der Waals surface area (Å²) in [4.78, 5) is 11.6. The van der Waals surface area contributed by atoms with Crippen LogP contribution in [0.2, 0.25) is 0 Å². The third kappa shape index (κ3) is 3.45. The van der Waals surface area contributed by atoms with Crippen LogP contribution in [0.15, 0.2) is 0 Å². The van der Waals surface area contributed by atoms with Crippen molar-refractivity contribution in [2.75, 3.05) is 0 Å². The van der Waals surface area contributed by atoms with Gasteiger partial charge in [0.25, 0.3) is 0 Å². The second-order valence-electron chi connectivity index (χ2n) is 12.1. The first-order valence-electron chi connectivity index (χ1n) is 12.7. The SMILES string of the molecule is CCC(C[C@@H](C)[C@H]1CC[C@H]2[C@@H]3[C@@H](O)C[C@@H]4C[C@H](O)CC[C@]4(C)[C@H]3CC[C@]12C)C(=O)O. The van der Waals surface area contributed by atoms with Gasteiger partial charge in [0, 0.05) is 0 Å². The van der Waals surface area contributed by atoms with Crippen molar-refractivity contribution < 1.29 is 20.1 Å². The van der Waals surface area contributed by atoms with Crippen molar-refractivity contribution in [2.24, 2.45) is 52.3 Å². The zero-order chi connectivity index (χ0) is 21.8. The number of carboxylic acid groups (broad SMARTS) is 1. The lowest BCUT2D eigenvalue weighted by Crippen LogP contribution is -2.58. The number of carbonyl (C=O) groups is 1. The summed E-state index contributed by atoms with van der Waals surface area (Å²) in [6, 6.07) is 0. The molecule has 4 nitrogen and oxygen atoms in total. The fourth-order valence-electron chi connectivity index (χ4n) is 9.23. The Hall–Kier alpha value is -0.610. The van der Waals surface area contributed by atoms with E-state index < -0.39 is 5.97 Å².